The van der Waals surface area contributed by atoms with Crippen molar-refractivity contribution in [1.82, 2.24) is 20.3 Å². The van der Waals surface area contributed by atoms with Crippen molar-refractivity contribution in [3.63, 3.8) is 0 Å². The lowest BCUT2D eigenvalue weighted by Gasteiger charge is -2.18. The summed E-state index contributed by atoms with van der Waals surface area (Å²) in [6, 6.07) is 4.17. The van der Waals surface area contributed by atoms with Gasteiger partial charge in [-0.05, 0) is 24.4 Å². The third-order valence-corrected chi connectivity index (χ3v) is 4.55. The summed E-state index contributed by atoms with van der Waals surface area (Å²) in [4.78, 5) is 13.9. The number of hydrogen-bond donors (Lipinski definition) is 1. The van der Waals surface area contributed by atoms with Crippen LogP contribution in [0.3, 0.4) is 0 Å². The lowest BCUT2D eigenvalue weighted by Crippen LogP contribution is -2.26. The zero-order valence-electron chi connectivity index (χ0n) is 11.2. The van der Waals surface area contributed by atoms with Gasteiger partial charge in [0.05, 0.1) is 15.9 Å². The Balaban J connectivity index is 1.86. The van der Waals surface area contributed by atoms with Crippen molar-refractivity contribution in [1.29, 1.82) is 0 Å². The molecule has 4 nitrogen and oxygen atoms in total. The summed E-state index contributed by atoms with van der Waals surface area (Å²) in [6.45, 7) is 3.93. The van der Waals surface area contributed by atoms with Crippen LogP contribution < -0.4 is 5.32 Å². The summed E-state index contributed by atoms with van der Waals surface area (Å²) in [5.41, 5.74) is 5.55. The average molecular weight is 282 g/mol. The van der Waals surface area contributed by atoms with Crippen LogP contribution in [0.5, 0.6) is 0 Å². The maximum absolute atomic E-state index is 4.75. The fourth-order valence-electron chi connectivity index (χ4n) is 2.61. The molecular formula is C15H14N4S. The van der Waals surface area contributed by atoms with E-state index in [-0.39, 0.29) is 0 Å². The standard InChI is InChI=1S/C15H14N4S/c1-9-11-8-16-4-2-12(11)19-15(18-9)10-6-14-13(17-7-10)3-5-20-14/h3,5-7,16H,2,4,8H2,1H3. The smallest absolute Gasteiger partial charge is 0.161 e. The molecular weight excluding hydrogens is 268 g/mol. The third-order valence-electron chi connectivity index (χ3n) is 3.70. The monoisotopic (exact) mass is 282 g/mol. The Bertz CT molecular complexity index is 794. The fraction of sp³-hybridized carbons (Fsp3) is 0.267. The van der Waals surface area contributed by atoms with Crippen LogP contribution in [0.1, 0.15) is 17.0 Å². The number of fused-ring (bicyclic) bond motifs is 2. The zero-order chi connectivity index (χ0) is 13.5. The molecule has 0 fully saturated rings. The minimum atomic E-state index is 0.797. The van der Waals surface area contributed by atoms with Gasteiger partial charge in [0.15, 0.2) is 5.82 Å². The first-order valence-electron chi connectivity index (χ1n) is 6.72. The van der Waals surface area contributed by atoms with Crippen LogP contribution in [0, 0.1) is 6.92 Å². The van der Waals surface area contributed by atoms with Gasteiger partial charge in [0, 0.05) is 42.5 Å². The molecule has 0 amide bonds. The molecule has 0 spiro atoms. The lowest BCUT2D eigenvalue weighted by molar-refractivity contribution is 0.622. The van der Waals surface area contributed by atoms with E-state index in [0.29, 0.717) is 0 Å². The van der Waals surface area contributed by atoms with Gasteiger partial charge in [-0.3, -0.25) is 4.98 Å². The highest BCUT2D eigenvalue weighted by atomic mass is 32.1. The van der Waals surface area contributed by atoms with Crippen molar-refractivity contribution < 1.29 is 0 Å². The number of rotatable bonds is 1. The molecule has 0 saturated carbocycles. The minimum absolute atomic E-state index is 0.797. The largest absolute Gasteiger partial charge is 0.312 e. The Morgan fingerprint density at radius 2 is 2.25 bits per heavy atom. The van der Waals surface area contributed by atoms with E-state index >= 15 is 0 Å². The van der Waals surface area contributed by atoms with Gasteiger partial charge in [0.2, 0.25) is 0 Å². The van der Waals surface area contributed by atoms with Crippen LogP contribution in [0.25, 0.3) is 21.6 Å². The number of aryl methyl sites for hydroxylation is 1. The number of thiophene rings is 1. The summed E-state index contributed by atoms with van der Waals surface area (Å²) >= 11 is 1.70. The molecule has 5 heteroatoms. The Hall–Kier alpha value is -1.85. The first kappa shape index (κ1) is 11.9. The zero-order valence-corrected chi connectivity index (χ0v) is 12.0. The summed E-state index contributed by atoms with van der Waals surface area (Å²) in [5.74, 6) is 0.797. The number of nitrogens with one attached hydrogen (secondary N) is 1. The minimum Gasteiger partial charge on any atom is -0.312 e. The molecule has 0 radical (unpaired) electrons. The predicted molar refractivity (Wildman–Crippen MR) is 80.8 cm³/mol. The van der Waals surface area contributed by atoms with Crippen molar-refractivity contribution in [2.24, 2.45) is 0 Å². The fourth-order valence-corrected chi connectivity index (χ4v) is 3.39. The molecule has 0 aromatic carbocycles. The Kier molecular flexibility index (Phi) is 2.75. The highest BCUT2D eigenvalue weighted by Gasteiger charge is 2.16. The molecule has 0 atom stereocenters. The molecule has 3 aromatic rings. The topological polar surface area (TPSA) is 50.7 Å². The Morgan fingerprint density at radius 3 is 3.20 bits per heavy atom. The van der Waals surface area contributed by atoms with Crippen LogP contribution >= 0.6 is 11.3 Å². The highest BCUT2D eigenvalue weighted by molar-refractivity contribution is 7.17. The summed E-state index contributed by atoms with van der Waals surface area (Å²) < 4.78 is 1.18. The number of pyridine rings is 1. The van der Waals surface area contributed by atoms with Crippen LogP contribution in [-0.2, 0) is 13.0 Å². The molecule has 0 bridgehead atoms. The van der Waals surface area contributed by atoms with E-state index in [2.05, 4.69) is 33.7 Å². The molecule has 1 N–H and O–H groups in total. The quantitative estimate of drug-likeness (QED) is 0.745. The maximum Gasteiger partial charge on any atom is 0.161 e. The van der Waals surface area contributed by atoms with Gasteiger partial charge in [-0.15, -0.1) is 11.3 Å². The van der Waals surface area contributed by atoms with Crippen LogP contribution in [0.2, 0.25) is 0 Å². The van der Waals surface area contributed by atoms with Gasteiger partial charge >= 0.3 is 0 Å². The predicted octanol–water partition coefficient (Wildman–Crippen LogP) is 2.71. The molecule has 100 valence electrons. The maximum atomic E-state index is 4.75. The Labute approximate surface area is 120 Å². The summed E-state index contributed by atoms with van der Waals surface area (Å²) in [6.07, 6.45) is 2.84. The van der Waals surface area contributed by atoms with E-state index in [1.165, 1.54) is 16.0 Å². The molecule has 3 aromatic heterocycles. The molecule has 0 saturated heterocycles. The van der Waals surface area contributed by atoms with Gasteiger partial charge in [0.1, 0.15) is 0 Å². The number of hydrogen-bond acceptors (Lipinski definition) is 5. The van der Waals surface area contributed by atoms with Crippen molar-refractivity contribution in [3.8, 4) is 11.4 Å². The van der Waals surface area contributed by atoms with Crippen LogP contribution in [0.15, 0.2) is 23.7 Å². The Morgan fingerprint density at radius 1 is 1.30 bits per heavy atom. The average Bonchev–Trinajstić information content (AvgIpc) is 2.94. The van der Waals surface area contributed by atoms with Crippen LogP contribution in [-0.4, -0.2) is 21.5 Å². The first-order chi connectivity index (χ1) is 9.81. The van der Waals surface area contributed by atoms with Gasteiger partial charge in [-0.1, -0.05) is 0 Å². The van der Waals surface area contributed by atoms with E-state index in [4.69, 9.17) is 4.98 Å². The first-order valence-corrected chi connectivity index (χ1v) is 7.60. The second kappa shape index (κ2) is 4.61. The van der Waals surface area contributed by atoms with E-state index < -0.39 is 0 Å². The SMILES string of the molecule is Cc1nc(-c2cnc3ccsc3c2)nc2c1CNCC2. The molecule has 1 aliphatic heterocycles. The van der Waals surface area contributed by atoms with Gasteiger partial charge in [-0.2, -0.15) is 0 Å². The summed E-state index contributed by atoms with van der Waals surface area (Å²) in [5, 5.41) is 5.43. The van der Waals surface area contributed by atoms with E-state index in [1.807, 2.05) is 12.3 Å². The molecule has 0 unspecified atom stereocenters. The van der Waals surface area contributed by atoms with Crippen LogP contribution in [0.4, 0.5) is 0 Å². The second-order valence-corrected chi connectivity index (χ2v) is 5.96. The molecule has 4 rings (SSSR count). The highest BCUT2D eigenvalue weighted by Crippen LogP contribution is 2.25. The number of nitrogens with zero attached hydrogens (tertiary/aromatic N) is 3. The lowest BCUT2D eigenvalue weighted by atomic mass is 10.1. The molecule has 1 aliphatic rings. The van der Waals surface area contributed by atoms with Gasteiger partial charge < -0.3 is 5.32 Å². The molecule has 20 heavy (non-hydrogen) atoms. The normalized spacial score (nSPS) is 14.4. The second-order valence-electron chi connectivity index (χ2n) is 5.01. The molecule has 4 heterocycles. The molecule has 0 aliphatic carbocycles. The summed E-state index contributed by atoms with van der Waals surface area (Å²) in [7, 11) is 0. The van der Waals surface area contributed by atoms with Crippen molar-refractivity contribution in [2.45, 2.75) is 19.9 Å². The number of aromatic nitrogens is 3. The van der Waals surface area contributed by atoms with Crippen molar-refractivity contribution in [2.75, 3.05) is 6.54 Å². The van der Waals surface area contributed by atoms with Gasteiger partial charge in [0.25, 0.3) is 0 Å². The van der Waals surface area contributed by atoms with E-state index in [9.17, 15) is 0 Å². The van der Waals surface area contributed by atoms with Crippen molar-refractivity contribution >= 4 is 21.6 Å². The van der Waals surface area contributed by atoms with E-state index in [1.54, 1.807) is 11.3 Å². The van der Waals surface area contributed by atoms with E-state index in [0.717, 1.165) is 42.1 Å². The van der Waals surface area contributed by atoms with Crippen molar-refractivity contribution in [3.05, 3.63) is 40.7 Å². The third kappa shape index (κ3) is 1.90. The van der Waals surface area contributed by atoms with Gasteiger partial charge in [-0.25, -0.2) is 9.97 Å².